The van der Waals surface area contributed by atoms with E-state index >= 15 is 0 Å². The van der Waals surface area contributed by atoms with E-state index in [1.807, 2.05) is 14.1 Å². The number of anilines is 1. The predicted octanol–water partition coefficient (Wildman–Crippen LogP) is -0.385. The Hall–Kier alpha value is -1.89. The highest BCUT2D eigenvalue weighted by Crippen LogP contribution is 2.07. The Labute approximate surface area is 85.7 Å². The van der Waals surface area contributed by atoms with Crippen LogP contribution in [-0.4, -0.2) is 38.7 Å². The van der Waals surface area contributed by atoms with Gasteiger partial charge in [0.05, 0.1) is 0 Å². The average Bonchev–Trinajstić information content (AvgIpc) is 2.46. The lowest BCUT2D eigenvalue weighted by Crippen LogP contribution is -2.21. The summed E-state index contributed by atoms with van der Waals surface area (Å²) in [6, 6.07) is 1.70. The Balaban J connectivity index is 2.58. The minimum Gasteiger partial charge on any atom is -0.303 e. The fourth-order valence-corrected chi connectivity index (χ4v) is 1.38. The van der Waals surface area contributed by atoms with E-state index in [1.54, 1.807) is 18.0 Å². The summed E-state index contributed by atoms with van der Waals surface area (Å²) in [6.07, 6.45) is 0. The van der Waals surface area contributed by atoms with E-state index in [4.69, 9.17) is 0 Å². The molecule has 2 rings (SSSR count). The first-order valence-electron chi connectivity index (χ1n) is 4.46. The highest BCUT2D eigenvalue weighted by Gasteiger charge is 2.06. The lowest BCUT2D eigenvalue weighted by Gasteiger charge is -2.12. The van der Waals surface area contributed by atoms with Gasteiger partial charge >= 0.3 is 5.69 Å². The second-order valence-electron chi connectivity index (χ2n) is 3.42. The molecule has 0 fully saturated rings. The van der Waals surface area contributed by atoms with Gasteiger partial charge in [-0.15, -0.1) is 0 Å². The van der Waals surface area contributed by atoms with Gasteiger partial charge in [0.15, 0.2) is 5.65 Å². The summed E-state index contributed by atoms with van der Waals surface area (Å²) in [5, 5.41) is 8.01. The van der Waals surface area contributed by atoms with E-state index in [1.165, 1.54) is 4.40 Å². The molecule has 0 saturated heterocycles. The fourth-order valence-electron chi connectivity index (χ4n) is 1.38. The molecule has 0 unspecified atom stereocenters. The van der Waals surface area contributed by atoms with Gasteiger partial charge < -0.3 is 5.43 Å². The van der Waals surface area contributed by atoms with Gasteiger partial charge in [-0.05, 0) is 6.92 Å². The number of aromatic nitrogens is 4. The van der Waals surface area contributed by atoms with E-state index in [0.717, 1.165) is 0 Å². The van der Waals surface area contributed by atoms with Gasteiger partial charge in [-0.2, -0.15) is 5.10 Å². The molecule has 0 spiro atoms. The fraction of sp³-hybridized carbons (Fsp3) is 0.375. The van der Waals surface area contributed by atoms with E-state index in [9.17, 15) is 4.79 Å². The number of aromatic amines is 1. The SMILES string of the molecule is Cc1nc(NN(C)C)cc2n[nH]c(=O)n12. The number of nitrogens with one attached hydrogen (secondary N) is 2. The van der Waals surface area contributed by atoms with Gasteiger partial charge in [0.2, 0.25) is 0 Å². The Morgan fingerprint density at radius 3 is 2.93 bits per heavy atom. The number of H-pyrrole nitrogens is 1. The lowest BCUT2D eigenvalue weighted by molar-refractivity contribution is 0.492. The monoisotopic (exact) mass is 208 g/mol. The van der Waals surface area contributed by atoms with Gasteiger partial charge in [-0.3, -0.25) is 0 Å². The Morgan fingerprint density at radius 1 is 1.53 bits per heavy atom. The summed E-state index contributed by atoms with van der Waals surface area (Å²) < 4.78 is 1.42. The second kappa shape index (κ2) is 3.35. The number of hydrazine groups is 1. The van der Waals surface area contributed by atoms with E-state index < -0.39 is 0 Å². The third-order valence-corrected chi connectivity index (χ3v) is 1.91. The first-order valence-corrected chi connectivity index (χ1v) is 4.46. The number of hydrogen-bond acceptors (Lipinski definition) is 5. The van der Waals surface area contributed by atoms with Crippen LogP contribution < -0.4 is 11.1 Å². The maximum absolute atomic E-state index is 11.3. The van der Waals surface area contributed by atoms with Crippen molar-refractivity contribution >= 4 is 11.5 Å². The largest absolute Gasteiger partial charge is 0.349 e. The van der Waals surface area contributed by atoms with Crippen molar-refractivity contribution in [3.05, 3.63) is 22.4 Å². The van der Waals surface area contributed by atoms with Crippen molar-refractivity contribution in [3.63, 3.8) is 0 Å². The van der Waals surface area contributed by atoms with Crippen LogP contribution in [0.5, 0.6) is 0 Å². The maximum Gasteiger partial charge on any atom is 0.349 e. The van der Waals surface area contributed by atoms with Crippen molar-refractivity contribution in [2.24, 2.45) is 0 Å². The summed E-state index contributed by atoms with van der Waals surface area (Å²) in [6.45, 7) is 1.75. The van der Waals surface area contributed by atoms with Crippen LogP contribution in [0.3, 0.4) is 0 Å². The molecule has 0 radical (unpaired) electrons. The molecule has 0 atom stereocenters. The molecule has 0 saturated carbocycles. The molecule has 0 aliphatic carbocycles. The van der Waals surface area contributed by atoms with Crippen LogP contribution in [0.15, 0.2) is 10.9 Å². The molecule has 0 amide bonds. The molecule has 15 heavy (non-hydrogen) atoms. The number of hydrogen-bond donors (Lipinski definition) is 2. The molecular formula is C8H12N6O. The predicted molar refractivity (Wildman–Crippen MR) is 55.7 cm³/mol. The van der Waals surface area contributed by atoms with Crippen molar-refractivity contribution in [3.8, 4) is 0 Å². The molecule has 7 nitrogen and oxygen atoms in total. The van der Waals surface area contributed by atoms with Crippen LogP contribution in [0.1, 0.15) is 5.82 Å². The lowest BCUT2D eigenvalue weighted by atomic mass is 10.5. The minimum atomic E-state index is -0.272. The van der Waals surface area contributed by atoms with Crippen molar-refractivity contribution in [2.45, 2.75) is 6.92 Å². The highest BCUT2D eigenvalue weighted by atomic mass is 16.1. The first kappa shape index (κ1) is 9.66. The van der Waals surface area contributed by atoms with Gasteiger partial charge in [0.1, 0.15) is 11.6 Å². The third-order valence-electron chi connectivity index (χ3n) is 1.91. The van der Waals surface area contributed by atoms with Crippen LogP contribution in [0, 0.1) is 6.92 Å². The Bertz CT molecular complexity index is 540. The summed E-state index contributed by atoms with van der Waals surface area (Å²) >= 11 is 0. The molecule has 2 heterocycles. The third kappa shape index (κ3) is 1.68. The minimum absolute atomic E-state index is 0.272. The first-order chi connectivity index (χ1) is 7.08. The number of nitrogens with zero attached hydrogens (tertiary/aromatic N) is 4. The molecular weight excluding hydrogens is 196 g/mol. The zero-order valence-electron chi connectivity index (χ0n) is 8.77. The molecule has 80 valence electrons. The number of fused-ring (bicyclic) bond motifs is 1. The van der Waals surface area contributed by atoms with Crippen molar-refractivity contribution in [2.75, 3.05) is 19.5 Å². The molecule has 0 aromatic carbocycles. The molecule has 2 aromatic rings. The smallest absolute Gasteiger partial charge is 0.303 e. The van der Waals surface area contributed by atoms with E-state index in [-0.39, 0.29) is 5.69 Å². The van der Waals surface area contributed by atoms with E-state index in [0.29, 0.717) is 17.3 Å². The van der Waals surface area contributed by atoms with Crippen molar-refractivity contribution < 1.29 is 0 Å². The van der Waals surface area contributed by atoms with Crippen molar-refractivity contribution in [1.29, 1.82) is 0 Å². The van der Waals surface area contributed by atoms with Crippen LogP contribution in [-0.2, 0) is 0 Å². The second-order valence-corrected chi connectivity index (χ2v) is 3.42. The van der Waals surface area contributed by atoms with Crippen LogP contribution in [0.4, 0.5) is 5.82 Å². The van der Waals surface area contributed by atoms with E-state index in [2.05, 4.69) is 20.6 Å². The standard InChI is InChI=1S/C8H12N6O/c1-5-9-6(12-13(2)3)4-7-10-11-8(15)14(5)7/h4,12H,1-3H3,(H,11,15). The van der Waals surface area contributed by atoms with Crippen LogP contribution >= 0.6 is 0 Å². The molecule has 0 aliphatic rings. The van der Waals surface area contributed by atoms with Crippen LogP contribution in [0.25, 0.3) is 5.65 Å². The summed E-state index contributed by atoms with van der Waals surface area (Å²) in [5.74, 6) is 1.25. The van der Waals surface area contributed by atoms with Crippen LogP contribution in [0.2, 0.25) is 0 Å². The molecule has 7 heteroatoms. The maximum atomic E-state index is 11.3. The van der Waals surface area contributed by atoms with Gasteiger partial charge in [-0.1, -0.05) is 0 Å². The normalized spacial score (nSPS) is 11.2. The quantitative estimate of drug-likeness (QED) is 0.657. The zero-order valence-corrected chi connectivity index (χ0v) is 8.77. The zero-order chi connectivity index (χ0) is 11.0. The molecule has 2 N–H and O–H groups in total. The number of rotatable bonds is 2. The summed E-state index contributed by atoms with van der Waals surface area (Å²) in [7, 11) is 3.72. The Kier molecular flexibility index (Phi) is 2.16. The van der Waals surface area contributed by atoms with Gasteiger partial charge in [0, 0.05) is 20.2 Å². The molecule has 0 bridgehead atoms. The molecule has 2 aromatic heterocycles. The Morgan fingerprint density at radius 2 is 2.27 bits per heavy atom. The highest BCUT2D eigenvalue weighted by molar-refractivity contribution is 5.48. The molecule has 0 aliphatic heterocycles. The van der Waals surface area contributed by atoms with Gasteiger partial charge in [-0.25, -0.2) is 24.3 Å². The summed E-state index contributed by atoms with van der Waals surface area (Å²) in [4.78, 5) is 15.5. The van der Waals surface area contributed by atoms with Gasteiger partial charge in [0.25, 0.3) is 0 Å². The number of aryl methyl sites for hydroxylation is 1. The average molecular weight is 208 g/mol. The van der Waals surface area contributed by atoms with Crippen molar-refractivity contribution in [1.82, 2.24) is 24.6 Å². The topological polar surface area (TPSA) is 78.3 Å². The summed E-state index contributed by atoms with van der Waals surface area (Å²) in [5.41, 5.74) is 3.28.